The Morgan fingerprint density at radius 1 is 1.38 bits per heavy atom. The van der Waals surface area contributed by atoms with Gasteiger partial charge in [0, 0.05) is 5.56 Å². The minimum absolute atomic E-state index is 0.269. The number of ether oxygens (including phenoxy) is 1. The van der Waals surface area contributed by atoms with Gasteiger partial charge in [-0.3, -0.25) is 4.79 Å². The van der Waals surface area contributed by atoms with Gasteiger partial charge in [0.25, 0.3) is 0 Å². The summed E-state index contributed by atoms with van der Waals surface area (Å²) in [5, 5.41) is 0. The zero-order valence-electron chi connectivity index (χ0n) is 7.00. The number of carbonyl (C=O) groups is 1. The molecule has 0 saturated heterocycles. The molecule has 0 aliphatic rings. The van der Waals surface area contributed by atoms with Crippen molar-refractivity contribution < 1.29 is 9.53 Å². The van der Waals surface area contributed by atoms with Gasteiger partial charge >= 0.3 is 5.97 Å². The molecule has 0 heterocycles. The maximum absolute atomic E-state index is 10.9. The van der Waals surface area contributed by atoms with Gasteiger partial charge in [0.1, 0.15) is 5.76 Å². The summed E-state index contributed by atoms with van der Waals surface area (Å²) in [5.41, 5.74) is 0.834. The van der Waals surface area contributed by atoms with Crippen molar-refractivity contribution in [1.82, 2.24) is 0 Å². The number of carbonyl (C=O) groups excluding carboxylic acids is 1. The molecule has 68 valence electrons. The van der Waals surface area contributed by atoms with Crippen molar-refractivity contribution in [3.63, 3.8) is 0 Å². The molecule has 0 aliphatic carbocycles. The molecule has 0 N–H and O–H groups in total. The largest absolute Gasteiger partial charge is 0.426 e. The number of benzene rings is 1. The van der Waals surface area contributed by atoms with Gasteiger partial charge in [0.2, 0.25) is 0 Å². The fraction of sp³-hybridized carbons (Fsp3) is 0.100. The molecule has 0 aromatic heterocycles. The number of halogens is 1. The summed E-state index contributed by atoms with van der Waals surface area (Å²) < 4.78 is 5.28. The van der Waals surface area contributed by atoms with E-state index in [2.05, 4.69) is 6.58 Å². The summed E-state index contributed by atoms with van der Waals surface area (Å²) in [4.78, 5) is 10.9. The normalized spacial score (nSPS) is 9.31. The molecular formula is C10H9IO2. The molecule has 1 rings (SSSR count). The predicted octanol–water partition coefficient (Wildman–Crippen LogP) is 2.64. The fourth-order valence-electron chi connectivity index (χ4n) is 0.848. The smallest absolute Gasteiger partial charge is 0.321 e. The van der Waals surface area contributed by atoms with Gasteiger partial charge < -0.3 is 4.74 Å². The Bertz CT molecular complexity index is 306. The van der Waals surface area contributed by atoms with E-state index in [1.807, 2.05) is 52.9 Å². The van der Waals surface area contributed by atoms with Gasteiger partial charge in [-0.25, -0.2) is 0 Å². The minimum Gasteiger partial charge on any atom is -0.426 e. The first-order chi connectivity index (χ1) is 6.24. The van der Waals surface area contributed by atoms with Crippen LogP contribution in [0.15, 0.2) is 36.9 Å². The Balaban J connectivity index is 2.65. The van der Waals surface area contributed by atoms with Gasteiger partial charge in [-0.15, -0.1) is 0 Å². The van der Waals surface area contributed by atoms with Crippen molar-refractivity contribution >= 4 is 34.3 Å². The lowest BCUT2D eigenvalue weighted by Gasteiger charge is -2.04. The molecule has 3 heteroatoms. The third-order valence-electron chi connectivity index (χ3n) is 1.44. The highest BCUT2D eigenvalue weighted by molar-refractivity contribution is 14.1. The number of hydrogen-bond donors (Lipinski definition) is 0. The van der Waals surface area contributed by atoms with Gasteiger partial charge in [0.15, 0.2) is 0 Å². The van der Waals surface area contributed by atoms with E-state index >= 15 is 0 Å². The van der Waals surface area contributed by atoms with Gasteiger partial charge in [-0.2, -0.15) is 0 Å². The maximum Gasteiger partial charge on any atom is 0.321 e. The molecule has 0 fully saturated rings. The Morgan fingerprint density at radius 2 is 2.00 bits per heavy atom. The molecule has 0 unspecified atom stereocenters. The average molecular weight is 288 g/mol. The average Bonchev–Trinajstić information content (AvgIpc) is 2.19. The Morgan fingerprint density at radius 3 is 2.54 bits per heavy atom. The molecular weight excluding hydrogens is 279 g/mol. The van der Waals surface area contributed by atoms with Crippen LogP contribution in [0, 0.1) is 0 Å². The van der Waals surface area contributed by atoms with Crippen LogP contribution in [-0.4, -0.2) is 10.4 Å². The lowest BCUT2D eigenvalue weighted by Crippen LogP contribution is -2.03. The summed E-state index contributed by atoms with van der Waals surface area (Å²) in [6, 6.07) is 9.35. The monoisotopic (exact) mass is 288 g/mol. The van der Waals surface area contributed by atoms with E-state index in [0.29, 0.717) is 10.2 Å². The van der Waals surface area contributed by atoms with E-state index in [0.717, 1.165) is 5.56 Å². The molecule has 0 saturated carbocycles. The predicted molar refractivity (Wildman–Crippen MR) is 60.5 cm³/mol. The quantitative estimate of drug-likeness (QED) is 0.370. The van der Waals surface area contributed by atoms with Crippen LogP contribution >= 0.6 is 22.6 Å². The van der Waals surface area contributed by atoms with Crippen LogP contribution in [0.1, 0.15) is 5.56 Å². The van der Waals surface area contributed by atoms with Crippen molar-refractivity contribution in [3.8, 4) is 0 Å². The highest BCUT2D eigenvalue weighted by atomic mass is 127. The lowest BCUT2D eigenvalue weighted by atomic mass is 10.2. The second-order valence-electron chi connectivity index (χ2n) is 2.40. The molecule has 0 atom stereocenters. The highest BCUT2D eigenvalue weighted by Crippen LogP contribution is 2.13. The summed E-state index contributed by atoms with van der Waals surface area (Å²) >= 11 is 1.95. The summed E-state index contributed by atoms with van der Waals surface area (Å²) in [6.45, 7) is 3.67. The third-order valence-corrected chi connectivity index (χ3v) is 2.06. The zero-order valence-corrected chi connectivity index (χ0v) is 9.15. The molecule has 0 aliphatic heterocycles. The molecule has 1 aromatic rings. The summed E-state index contributed by atoms with van der Waals surface area (Å²) in [5.74, 6) is 0.136. The van der Waals surface area contributed by atoms with Crippen LogP contribution in [-0.2, 0) is 9.53 Å². The lowest BCUT2D eigenvalue weighted by molar-refractivity contribution is -0.133. The van der Waals surface area contributed by atoms with Crippen molar-refractivity contribution in [2.45, 2.75) is 0 Å². The number of hydrogen-bond acceptors (Lipinski definition) is 2. The SMILES string of the molecule is C=C(OC(=O)CI)c1ccccc1. The Labute approximate surface area is 90.7 Å². The topological polar surface area (TPSA) is 26.3 Å². The van der Waals surface area contributed by atoms with E-state index < -0.39 is 0 Å². The van der Waals surface area contributed by atoms with Gasteiger partial charge in [0.05, 0.1) is 4.43 Å². The number of rotatable bonds is 3. The van der Waals surface area contributed by atoms with E-state index in [9.17, 15) is 4.79 Å². The molecule has 0 bridgehead atoms. The van der Waals surface area contributed by atoms with Crippen LogP contribution in [0.5, 0.6) is 0 Å². The van der Waals surface area contributed by atoms with Crippen molar-refractivity contribution in [3.05, 3.63) is 42.5 Å². The van der Waals surface area contributed by atoms with E-state index in [1.165, 1.54) is 0 Å². The second kappa shape index (κ2) is 5.01. The van der Waals surface area contributed by atoms with Crippen LogP contribution in [0.4, 0.5) is 0 Å². The van der Waals surface area contributed by atoms with Crippen LogP contribution in [0.2, 0.25) is 0 Å². The molecule has 2 nitrogen and oxygen atoms in total. The summed E-state index contributed by atoms with van der Waals surface area (Å²) in [7, 11) is 0. The standard InChI is InChI=1S/C10H9IO2/c1-8(13-10(12)7-11)9-5-3-2-4-6-9/h2-6H,1,7H2. The van der Waals surface area contributed by atoms with Crippen LogP contribution in [0.25, 0.3) is 5.76 Å². The van der Waals surface area contributed by atoms with Crippen molar-refractivity contribution in [2.75, 3.05) is 4.43 Å². The highest BCUT2D eigenvalue weighted by Gasteiger charge is 2.04. The molecule has 0 amide bonds. The number of esters is 1. The van der Waals surface area contributed by atoms with E-state index in [1.54, 1.807) is 0 Å². The third kappa shape index (κ3) is 3.18. The fourth-order valence-corrected chi connectivity index (χ4v) is 1.00. The molecule has 0 radical (unpaired) electrons. The first kappa shape index (κ1) is 10.2. The minimum atomic E-state index is -0.269. The Hall–Kier alpha value is -0.840. The van der Waals surface area contributed by atoms with Crippen LogP contribution < -0.4 is 0 Å². The molecule has 0 spiro atoms. The van der Waals surface area contributed by atoms with E-state index in [-0.39, 0.29) is 5.97 Å². The maximum atomic E-state index is 10.9. The van der Waals surface area contributed by atoms with Gasteiger partial charge in [-0.1, -0.05) is 59.5 Å². The van der Waals surface area contributed by atoms with E-state index in [4.69, 9.17) is 4.74 Å². The zero-order chi connectivity index (χ0) is 9.68. The number of alkyl halides is 1. The van der Waals surface area contributed by atoms with Gasteiger partial charge in [-0.05, 0) is 0 Å². The van der Waals surface area contributed by atoms with Crippen molar-refractivity contribution in [2.24, 2.45) is 0 Å². The summed E-state index contributed by atoms with van der Waals surface area (Å²) in [6.07, 6.45) is 0. The first-order valence-electron chi connectivity index (χ1n) is 3.75. The second-order valence-corrected chi connectivity index (χ2v) is 3.16. The Kier molecular flexibility index (Phi) is 3.95. The molecule has 1 aromatic carbocycles. The first-order valence-corrected chi connectivity index (χ1v) is 5.27. The van der Waals surface area contributed by atoms with Crippen molar-refractivity contribution in [1.29, 1.82) is 0 Å². The molecule has 13 heavy (non-hydrogen) atoms. The van der Waals surface area contributed by atoms with Crippen LogP contribution in [0.3, 0.4) is 0 Å².